The van der Waals surface area contributed by atoms with Crippen molar-refractivity contribution < 1.29 is 51.8 Å². The third-order valence-electron chi connectivity index (χ3n) is 10.4. The summed E-state index contributed by atoms with van der Waals surface area (Å²) in [5, 5.41) is 24.0. The van der Waals surface area contributed by atoms with Crippen molar-refractivity contribution in [3.63, 3.8) is 0 Å². The number of halogens is 3. The highest BCUT2D eigenvalue weighted by molar-refractivity contribution is 5.92. The van der Waals surface area contributed by atoms with Crippen LogP contribution in [0.2, 0.25) is 0 Å². The van der Waals surface area contributed by atoms with Crippen LogP contribution in [0.3, 0.4) is 0 Å². The Morgan fingerprint density at radius 2 is 0.968 bits per heavy atom. The van der Waals surface area contributed by atoms with E-state index < -0.39 is 17.5 Å². The molecule has 0 radical (unpaired) electrons. The molecule has 0 saturated carbocycles. The van der Waals surface area contributed by atoms with Crippen molar-refractivity contribution in [1.82, 2.24) is 19.9 Å². The first-order chi connectivity index (χ1) is 29.9. The molecule has 0 aliphatic rings. The molecule has 4 aromatic heterocycles. The molecule has 12 nitrogen and oxygen atoms in total. The van der Waals surface area contributed by atoms with E-state index >= 15 is 0 Å². The SMILES string of the molecule is COCc1ncc(Cc2cnc3ccc(O)c(C(F)(F)F)c3c2)c2cc(OC)c(OC)cc12.COCc1ncc(Cc2cnc3ccc(O)cc3c2)c2cc(OC)c(OC)cc12. The summed E-state index contributed by atoms with van der Waals surface area (Å²) in [5.74, 6) is 1.75. The quantitative estimate of drug-likeness (QED) is 0.121. The smallest absolute Gasteiger partial charge is 0.420 e. The lowest BCUT2D eigenvalue weighted by Gasteiger charge is -2.15. The van der Waals surface area contributed by atoms with Crippen LogP contribution in [0.4, 0.5) is 13.2 Å². The van der Waals surface area contributed by atoms with Gasteiger partial charge < -0.3 is 38.6 Å². The van der Waals surface area contributed by atoms with Crippen LogP contribution in [0, 0.1) is 0 Å². The molecule has 2 N–H and O–H groups in total. The van der Waals surface area contributed by atoms with E-state index in [4.69, 9.17) is 28.4 Å². The summed E-state index contributed by atoms with van der Waals surface area (Å²) in [4.78, 5) is 17.8. The molecule has 15 heteroatoms. The number of phenols is 2. The molecule has 0 aliphatic carbocycles. The average Bonchev–Trinajstić information content (AvgIpc) is 3.26. The second-order valence-electron chi connectivity index (χ2n) is 14.3. The fourth-order valence-electron chi connectivity index (χ4n) is 7.47. The fraction of sp³-hybridized carbons (Fsp3) is 0.234. The van der Waals surface area contributed by atoms with E-state index in [1.807, 2.05) is 42.7 Å². The van der Waals surface area contributed by atoms with Gasteiger partial charge in [0.1, 0.15) is 17.1 Å². The Labute approximate surface area is 354 Å². The van der Waals surface area contributed by atoms with Gasteiger partial charge in [-0.15, -0.1) is 0 Å². The number of alkyl halides is 3. The number of rotatable bonds is 12. The first-order valence-corrected chi connectivity index (χ1v) is 19.2. The molecule has 8 rings (SSSR count). The topological polar surface area (TPSA) is 147 Å². The van der Waals surface area contributed by atoms with E-state index in [2.05, 4.69) is 19.9 Å². The zero-order valence-corrected chi connectivity index (χ0v) is 34.8. The number of pyridine rings is 4. The Hall–Kier alpha value is -6.97. The minimum absolute atomic E-state index is 0.147. The standard InChI is InChI=1S/C24H21F3N2O4.C23H22N2O4/c1-31-12-19-16-9-22(33-3)21(32-2)8-15(16)14(11-29-19)6-13-7-17-18(28-10-13)4-5-20(30)23(17)24(25,26)27;1-27-13-21-19-10-23(29-3)22(28-2)9-18(19)16(12-25-21)7-14-6-15-8-17(26)4-5-20(15)24-11-14/h4-5,7-11,30H,6,12H2,1-3H3;4-6,8-12,26H,7,13H2,1-3H3. The van der Waals surface area contributed by atoms with Crippen LogP contribution in [0.25, 0.3) is 43.4 Å². The van der Waals surface area contributed by atoms with Gasteiger partial charge >= 0.3 is 6.18 Å². The molecule has 4 heterocycles. The maximum atomic E-state index is 13.6. The second-order valence-corrected chi connectivity index (χ2v) is 14.3. The summed E-state index contributed by atoms with van der Waals surface area (Å²) in [7, 11) is 9.52. The molecule has 320 valence electrons. The molecule has 0 amide bonds. The van der Waals surface area contributed by atoms with E-state index in [0.717, 1.165) is 60.9 Å². The highest BCUT2D eigenvalue weighted by Gasteiger charge is 2.36. The lowest BCUT2D eigenvalue weighted by atomic mass is 9.97. The summed E-state index contributed by atoms with van der Waals surface area (Å²) in [6, 6.07) is 18.5. The predicted octanol–water partition coefficient (Wildman–Crippen LogP) is 9.50. The second kappa shape index (κ2) is 18.3. The van der Waals surface area contributed by atoms with Crippen LogP contribution in [0.1, 0.15) is 39.2 Å². The number of hydrogen-bond acceptors (Lipinski definition) is 12. The van der Waals surface area contributed by atoms with Gasteiger partial charge in [-0.25, -0.2) is 0 Å². The summed E-state index contributed by atoms with van der Waals surface area (Å²) < 4.78 is 73.1. The first kappa shape index (κ1) is 43.1. The number of fused-ring (bicyclic) bond motifs is 4. The molecule has 4 aromatic carbocycles. The van der Waals surface area contributed by atoms with E-state index in [9.17, 15) is 23.4 Å². The summed E-state index contributed by atoms with van der Waals surface area (Å²) in [5.41, 5.74) is 4.80. The number of aromatic nitrogens is 4. The largest absolute Gasteiger partial charge is 0.508 e. The van der Waals surface area contributed by atoms with Crippen molar-refractivity contribution in [2.24, 2.45) is 0 Å². The van der Waals surface area contributed by atoms with Crippen molar-refractivity contribution in [2.75, 3.05) is 42.7 Å². The lowest BCUT2D eigenvalue weighted by molar-refractivity contribution is -0.137. The highest BCUT2D eigenvalue weighted by Crippen LogP contribution is 2.41. The van der Waals surface area contributed by atoms with Gasteiger partial charge in [0.15, 0.2) is 23.0 Å². The Kier molecular flexibility index (Phi) is 12.8. The van der Waals surface area contributed by atoms with Gasteiger partial charge in [0.05, 0.1) is 64.1 Å². The molecule has 8 aromatic rings. The van der Waals surface area contributed by atoms with Gasteiger partial charge in [0.2, 0.25) is 0 Å². The van der Waals surface area contributed by atoms with Gasteiger partial charge in [0, 0.05) is 73.4 Å². The van der Waals surface area contributed by atoms with Crippen LogP contribution in [0.15, 0.2) is 91.5 Å². The van der Waals surface area contributed by atoms with E-state index in [1.54, 1.807) is 52.8 Å². The molecule has 0 bridgehead atoms. The van der Waals surface area contributed by atoms with Crippen LogP contribution in [-0.4, -0.2) is 72.8 Å². The van der Waals surface area contributed by atoms with E-state index in [1.165, 1.54) is 32.5 Å². The zero-order chi connectivity index (χ0) is 44.1. The molecule has 0 atom stereocenters. The molecule has 0 saturated heterocycles. The predicted molar refractivity (Wildman–Crippen MR) is 229 cm³/mol. The van der Waals surface area contributed by atoms with Crippen LogP contribution < -0.4 is 18.9 Å². The number of phenolic OH excluding ortho intramolecular Hbond substituents is 2. The number of methoxy groups -OCH3 is 6. The van der Waals surface area contributed by atoms with Crippen molar-refractivity contribution >= 4 is 43.4 Å². The lowest BCUT2D eigenvalue weighted by Crippen LogP contribution is -2.07. The van der Waals surface area contributed by atoms with Crippen molar-refractivity contribution in [3.8, 4) is 34.5 Å². The minimum Gasteiger partial charge on any atom is -0.508 e. The third-order valence-corrected chi connectivity index (χ3v) is 10.4. The van der Waals surface area contributed by atoms with Crippen molar-refractivity contribution in [2.45, 2.75) is 32.2 Å². The number of ether oxygens (including phenoxy) is 6. The molecule has 0 unspecified atom stereocenters. The maximum absolute atomic E-state index is 13.6. The summed E-state index contributed by atoms with van der Waals surface area (Å²) >= 11 is 0. The van der Waals surface area contributed by atoms with Gasteiger partial charge in [0.25, 0.3) is 0 Å². The van der Waals surface area contributed by atoms with Crippen molar-refractivity contribution in [1.29, 1.82) is 0 Å². The Morgan fingerprint density at radius 1 is 0.500 bits per heavy atom. The minimum atomic E-state index is -4.72. The number of hydrogen-bond donors (Lipinski definition) is 2. The zero-order valence-electron chi connectivity index (χ0n) is 34.8. The fourth-order valence-corrected chi connectivity index (χ4v) is 7.47. The normalized spacial score (nSPS) is 11.5. The van der Waals surface area contributed by atoms with Crippen LogP contribution >= 0.6 is 0 Å². The molecule has 0 spiro atoms. The van der Waals surface area contributed by atoms with Gasteiger partial charge in [-0.05, 0) is 99.8 Å². The summed E-state index contributed by atoms with van der Waals surface area (Å²) in [6.07, 6.45) is 3.11. The van der Waals surface area contributed by atoms with Crippen molar-refractivity contribution in [3.05, 3.63) is 131 Å². The number of benzene rings is 4. The number of nitrogens with zero attached hydrogens (tertiary/aromatic N) is 4. The van der Waals surface area contributed by atoms with E-state index in [0.29, 0.717) is 47.3 Å². The van der Waals surface area contributed by atoms with Gasteiger partial charge in [-0.2, -0.15) is 13.2 Å². The van der Waals surface area contributed by atoms with Crippen LogP contribution in [0.5, 0.6) is 34.5 Å². The third kappa shape index (κ3) is 8.90. The average molecular weight is 849 g/mol. The highest BCUT2D eigenvalue weighted by atomic mass is 19.4. The number of aromatic hydroxyl groups is 2. The molecule has 0 fully saturated rings. The molecule has 0 aliphatic heterocycles. The Morgan fingerprint density at radius 3 is 1.45 bits per heavy atom. The van der Waals surface area contributed by atoms with Gasteiger partial charge in [-0.1, -0.05) is 0 Å². The molecule has 62 heavy (non-hydrogen) atoms. The first-order valence-electron chi connectivity index (χ1n) is 19.2. The Balaban J connectivity index is 0.000000188. The summed E-state index contributed by atoms with van der Waals surface area (Å²) in [6.45, 7) is 0.682. The molecular formula is C47H43F3N4O8. The van der Waals surface area contributed by atoms with Crippen LogP contribution in [-0.2, 0) is 41.7 Å². The Bertz CT molecular complexity index is 2930. The monoisotopic (exact) mass is 848 g/mol. The molecular weight excluding hydrogens is 806 g/mol. The van der Waals surface area contributed by atoms with E-state index in [-0.39, 0.29) is 29.7 Å². The maximum Gasteiger partial charge on any atom is 0.420 e. The van der Waals surface area contributed by atoms with Gasteiger partial charge in [-0.3, -0.25) is 19.9 Å².